The number of benzene rings is 1. The second-order valence-electron chi connectivity index (χ2n) is 6.48. The molecule has 0 amide bonds. The van der Waals surface area contributed by atoms with Gasteiger partial charge in [-0.25, -0.2) is 0 Å². The molecule has 0 spiro atoms. The molecule has 112 valence electrons. The van der Waals surface area contributed by atoms with Crippen molar-refractivity contribution in [2.75, 3.05) is 25.1 Å². The molecule has 0 bridgehead atoms. The van der Waals surface area contributed by atoms with Crippen LogP contribution in [0.2, 0.25) is 0 Å². The summed E-state index contributed by atoms with van der Waals surface area (Å²) in [7, 11) is 1.82. The summed E-state index contributed by atoms with van der Waals surface area (Å²) >= 11 is 0. The number of piperidine rings is 1. The lowest BCUT2D eigenvalue weighted by Crippen LogP contribution is -2.47. The monoisotopic (exact) mass is 276 g/mol. The Bertz CT molecular complexity index is 458. The van der Waals surface area contributed by atoms with Gasteiger partial charge in [0, 0.05) is 31.9 Å². The van der Waals surface area contributed by atoms with Crippen LogP contribution in [0.5, 0.6) is 0 Å². The predicted molar refractivity (Wildman–Crippen MR) is 85.4 cm³/mol. The summed E-state index contributed by atoms with van der Waals surface area (Å²) in [5, 5.41) is 0. The summed E-state index contributed by atoms with van der Waals surface area (Å²) < 4.78 is 5.69. The molecule has 1 aliphatic rings. The molecule has 3 nitrogen and oxygen atoms in total. The number of hydrogen-bond acceptors (Lipinski definition) is 3. The van der Waals surface area contributed by atoms with Crippen molar-refractivity contribution in [1.82, 2.24) is 0 Å². The largest absolute Gasteiger partial charge is 0.377 e. The van der Waals surface area contributed by atoms with E-state index in [1.54, 1.807) is 0 Å². The molecule has 2 atom stereocenters. The minimum absolute atomic E-state index is 0.0187. The summed E-state index contributed by atoms with van der Waals surface area (Å²) in [5.41, 5.74) is 9.86. The highest BCUT2D eigenvalue weighted by Gasteiger charge is 2.31. The normalized spacial score (nSPS) is 24.8. The van der Waals surface area contributed by atoms with Gasteiger partial charge in [0.05, 0.1) is 5.60 Å². The first-order valence-electron chi connectivity index (χ1n) is 7.59. The van der Waals surface area contributed by atoms with Crippen molar-refractivity contribution in [3.05, 3.63) is 29.3 Å². The zero-order valence-electron chi connectivity index (χ0n) is 13.3. The molecule has 0 saturated carbocycles. The number of methoxy groups -OCH3 is 1. The zero-order valence-corrected chi connectivity index (χ0v) is 13.3. The van der Waals surface area contributed by atoms with Gasteiger partial charge in [-0.15, -0.1) is 0 Å². The van der Waals surface area contributed by atoms with Crippen LogP contribution >= 0.6 is 0 Å². The van der Waals surface area contributed by atoms with E-state index in [0.29, 0.717) is 0 Å². The fourth-order valence-corrected chi connectivity index (χ4v) is 3.15. The molecule has 1 fully saturated rings. The highest BCUT2D eigenvalue weighted by Crippen LogP contribution is 2.30. The Morgan fingerprint density at radius 2 is 2.20 bits per heavy atom. The Morgan fingerprint density at radius 3 is 2.80 bits per heavy atom. The molecule has 2 unspecified atom stereocenters. The number of rotatable bonds is 4. The van der Waals surface area contributed by atoms with Gasteiger partial charge in [-0.2, -0.15) is 0 Å². The molecular weight excluding hydrogens is 248 g/mol. The third-order valence-electron chi connectivity index (χ3n) is 4.31. The van der Waals surface area contributed by atoms with E-state index in [1.165, 1.54) is 23.2 Å². The molecule has 1 saturated heterocycles. The molecule has 20 heavy (non-hydrogen) atoms. The fourth-order valence-electron chi connectivity index (χ4n) is 3.15. The zero-order chi connectivity index (χ0) is 14.8. The van der Waals surface area contributed by atoms with Gasteiger partial charge in [0.15, 0.2) is 0 Å². The van der Waals surface area contributed by atoms with Crippen LogP contribution in [-0.2, 0) is 11.2 Å². The molecule has 1 aromatic rings. The van der Waals surface area contributed by atoms with Crippen molar-refractivity contribution in [2.24, 2.45) is 5.73 Å². The van der Waals surface area contributed by atoms with Crippen LogP contribution in [0.15, 0.2) is 18.2 Å². The molecule has 3 heteroatoms. The highest BCUT2D eigenvalue weighted by atomic mass is 16.5. The topological polar surface area (TPSA) is 38.5 Å². The average molecular weight is 276 g/mol. The van der Waals surface area contributed by atoms with E-state index < -0.39 is 0 Å². The van der Waals surface area contributed by atoms with Gasteiger partial charge in [-0.3, -0.25) is 0 Å². The predicted octanol–water partition coefficient (Wildman–Crippen LogP) is 2.89. The fraction of sp³-hybridized carbons (Fsp3) is 0.647. The van der Waals surface area contributed by atoms with Gasteiger partial charge in [-0.05, 0) is 57.2 Å². The molecule has 0 aliphatic carbocycles. The molecule has 1 aromatic carbocycles. The molecule has 2 N–H and O–H groups in total. The molecule has 0 radical (unpaired) electrons. The molecule has 1 heterocycles. The number of anilines is 1. The van der Waals surface area contributed by atoms with E-state index in [2.05, 4.69) is 43.9 Å². The number of ether oxygens (including phenoxy) is 1. The van der Waals surface area contributed by atoms with Crippen LogP contribution in [0.3, 0.4) is 0 Å². The summed E-state index contributed by atoms with van der Waals surface area (Å²) in [6.45, 7) is 8.54. The van der Waals surface area contributed by atoms with Gasteiger partial charge in [0.25, 0.3) is 0 Å². The highest BCUT2D eigenvalue weighted by molar-refractivity contribution is 5.55. The van der Waals surface area contributed by atoms with E-state index in [0.717, 1.165) is 25.9 Å². The SMILES string of the molecule is COC1(C)CCCN(c2ccc(CC(C)N)cc2C)C1. The van der Waals surface area contributed by atoms with Crippen LogP contribution in [0, 0.1) is 6.92 Å². The molecule has 1 aliphatic heterocycles. The Hall–Kier alpha value is -1.06. The van der Waals surface area contributed by atoms with Crippen LogP contribution in [-0.4, -0.2) is 31.8 Å². The van der Waals surface area contributed by atoms with Crippen LogP contribution in [0.1, 0.15) is 37.8 Å². The van der Waals surface area contributed by atoms with Gasteiger partial charge >= 0.3 is 0 Å². The third kappa shape index (κ3) is 3.53. The van der Waals surface area contributed by atoms with Gasteiger partial charge in [-0.1, -0.05) is 12.1 Å². The Kier molecular flexibility index (Phi) is 4.71. The van der Waals surface area contributed by atoms with Gasteiger partial charge in [0.2, 0.25) is 0 Å². The molecule has 2 rings (SSSR count). The van der Waals surface area contributed by atoms with E-state index in [9.17, 15) is 0 Å². The average Bonchev–Trinajstić information content (AvgIpc) is 2.38. The molecule has 0 aromatic heterocycles. The van der Waals surface area contributed by atoms with Gasteiger partial charge in [0.1, 0.15) is 0 Å². The first kappa shape index (κ1) is 15.3. The van der Waals surface area contributed by atoms with Crippen molar-refractivity contribution in [3.63, 3.8) is 0 Å². The lowest BCUT2D eigenvalue weighted by atomic mass is 9.93. The second-order valence-corrected chi connectivity index (χ2v) is 6.48. The minimum atomic E-state index is -0.0187. The quantitative estimate of drug-likeness (QED) is 0.919. The lowest BCUT2D eigenvalue weighted by Gasteiger charge is -2.41. The van der Waals surface area contributed by atoms with E-state index in [4.69, 9.17) is 10.5 Å². The number of aryl methyl sites for hydroxylation is 1. The van der Waals surface area contributed by atoms with E-state index in [1.807, 2.05) is 7.11 Å². The second kappa shape index (κ2) is 6.15. The maximum atomic E-state index is 5.88. The van der Waals surface area contributed by atoms with Crippen molar-refractivity contribution in [3.8, 4) is 0 Å². The minimum Gasteiger partial charge on any atom is -0.377 e. The smallest absolute Gasteiger partial charge is 0.0825 e. The number of hydrogen-bond donors (Lipinski definition) is 1. The van der Waals surface area contributed by atoms with Crippen molar-refractivity contribution >= 4 is 5.69 Å². The molecular formula is C17H28N2O. The first-order valence-corrected chi connectivity index (χ1v) is 7.59. The summed E-state index contributed by atoms with van der Waals surface area (Å²) in [4.78, 5) is 2.46. The summed E-state index contributed by atoms with van der Waals surface area (Å²) in [6, 6.07) is 6.95. The maximum Gasteiger partial charge on any atom is 0.0825 e. The van der Waals surface area contributed by atoms with Crippen LogP contribution < -0.4 is 10.6 Å². The van der Waals surface area contributed by atoms with Crippen molar-refractivity contribution in [1.29, 1.82) is 0 Å². The van der Waals surface area contributed by atoms with Crippen LogP contribution in [0.4, 0.5) is 5.69 Å². The van der Waals surface area contributed by atoms with Gasteiger partial charge < -0.3 is 15.4 Å². The Balaban J connectivity index is 2.16. The maximum absolute atomic E-state index is 5.88. The van der Waals surface area contributed by atoms with Crippen molar-refractivity contribution < 1.29 is 4.74 Å². The van der Waals surface area contributed by atoms with Crippen LogP contribution in [0.25, 0.3) is 0 Å². The van der Waals surface area contributed by atoms with Crippen molar-refractivity contribution in [2.45, 2.75) is 51.7 Å². The number of nitrogens with zero attached hydrogens (tertiary/aromatic N) is 1. The standard InChI is InChI=1S/C17H28N2O/c1-13-10-15(11-14(2)18)6-7-16(13)19-9-5-8-17(3,12-19)20-4/h6-7,10,14H,5,8-9,11-12,18H2,1-4H3. The number of nitrogens with two attached hydrogens (primary N) is 1. The van der Waals surface area contributed by atoms with E-state index >= 15 is 0 Å². The lowest BCUT2D eigenvalue weighted by molar-refractivity contribution is -0.00467. The third-order valence-corrected chi connectivity index (χ3v) is 4.31. The Morgan fingerprint density at radius 1 is 1.45 bits per heavy atom. The first-order chi connectivity index (χ1) is 9.43. The Labute approximate surface area is 123 Å². The van der Waals surface area contributed by atoms with E-state index in [-0.39, 0.29) is 11.6 Å². The summed E-state index contributed by atoms with van der Waals surface area (Å²) in [5.74, 6) is 0. The summed E-state index contributed by atoms with van der Waals surface area (Å²) in [6.07, 6.45) is 3.27.